The van der Waals surface area contributed by atoms with Crippen molar-refractivity contribution in [3.63, 3.8) is 0 Å². The highest BCUT2D eigenvalue weighted by atomic mass is 32.2. The first-order valence-electron chi connectivity index (χ1n) is 5.94. The van der Waals surface area contributed by atoms with Crippen LogP contribution >= 0.6 is 11.3 Å². The van der Waals surface area contributed by atoms with Gasteiger partial charge >= 0.3 is 0 Å². The predicted molar refractivity (Wildman–Crippen MR) is 78.5 cm³/mol. The first kappa shape index (κ1) is 14.0. The molecule has 0 amide bonds. The third kappa shape index (κ3) is 3.34. The molecule has 102 valence electrons. The zero-order valence-electron chi connectivity index (χ0n) is 10.5. The Labute approximate surface area is 117 Å². The summed E-state index contributed by atoms with van der Waals surface area (Å²) in [4.78, 5) is 1.21. The summed E-state index contributed by atoms with van der Waals surface area (Å²) in [5.74, 6) is 0. The van der Waals surface area contributed by atoms with Crippen molar-refractivity contribution >= 4 is 27.0 Å². The van der Waals surface area contributed by atoms with Crippen LogP contribution in [0.1, 0.15) is 24.3 Å². The van der Waals surface area contributed by atoms with Crippen LogP contribution in [0.2, 0.25) is 0 Å². The van der Waals surface area contributed by atoms with Crippen LogP contribution in [0.4, 0.5) is 5.69 Å². The number of nitrogens with two attached hydrogens (primary N) is 1. The summed E-state index contributed by atoms with van der Waals surface area (Å²) in [6, 6.07) is 9.94. The zero-order chi connectivity index (χ0) is 13.9. The van der Waals surface area contributed by atoms with Crippen molar-refractivity contribution in [1.82, 2.24) is 4.72 Å². The molecule has 2 aromatic rings. The molecule has 3 N–H and O–H groups in total. The lowest BCUT2D eigenvalue weighted by molar-refractivity contribution is 0.553. The molecule has 0 aliphatic rings. The number of anilines is 1. The Hall–Kier alpha value is -1.37. The molecule has 19 heavy (non-hydrogen) atoms. The molecule has 0 bridgehead atoms. The summed E-state index contributed by atoms with van der Waals surface area (Å²) in [5, 5.41) is 1.94. The van der Waals surface area contributed by atoms with Crippen molar-refractivity contribution in [3.05, 3.63) is 46.7 Å². The number of nitrogen functional groups attached to an aromatic ring is 1. The molecule has 0 saturated heterocycles. The zero-order valence-corrected chi connectivity index (χ0v) is 12.2. The Morgan fingerprint density at radius 3 is 2.68 bits per heavy atom. The van der Waals surface area contributed by atoms with E-state index in [-0.39, 0.29) is 10.9 Å². The average Bonchev–Trinajstić information content (AvgIpc) is 2.90. The highest BCUT2D eigenvalue weighted by Crippen LogP contribution is 2.24. The second-order valence-electron chi connectivity index (χ2n) is 4.17. The van der Waals surface area contributed by atoms with Crippen LogP contribution in [0.25, 0.3) is 0 Å². The number of sulfonamides is 1. The van der Waals surface area contributed by atoms with Crippen LogP contribution in [0.3, 0.4) is 0 Å². The van der Waals surface area contributed by atoms with Crippen molar-refractivity contribution in [2.24, 2.45) is 0 Å². The van der Waals surface area contributed by atoms with E-state index in [0.29, 0.717) is 12.1 Å². The maximum absolute atomic E-state index is 12.3. The highest BCUT2D eigenvalue weighted by Gasteiger charge is 2.20. The van der Waals surface area contributed by atoms with Crippen molar-refractivity contribution in [1.29, 1.82) is 0 Å². The molecule has 0 saturated carbocycles. The van der Waals surface area contributed by atoms with E-state index in [1.54, 1.807) is 29.5 Å². The van der Waals surface area contributed by atoms with Gasteiger partial charge in [0.05, 0.1) is 10.9 Å². The van der Waals surface area contributed by atoms with Gasteiger partial charge in [-0.15, -0.1) is 11.3 Å². The van der Waals surface area contributed by atoms with Crippen molar-refractivity contribution in [3.8, 4) is 0 Å². The number of hydrogen-bond donors (Lipinski definition) is 2. The van der Waals surface area contributed by atoms with Gasteiger partial charge in [0.2, 0.25) is 10.0 Å². The summed E-state index contributed by atoms with van der Waals surface area (Å²) >= 11 is 1.54. The average molecular weight is 296 g/mol. The molecule has 0 radical (unpaired) electrons. The molecule has 1 heterocycles. The van der Waals surface area contributed by atoms with Gasteiger partial charge in [-0.25, -0.2) is 13.1 Å². The SMILES string of the molecule is CCC(NS(=O)(=O)c1cccc(N)c1)c1cccs1. The molecule has 0 aliphatic carbocycles. The van der Waals surface area contributed by atoms with Crippen molar-refractivity contribution in [2.45, 2.75) is 24.3 Å². The number of thiophene rings is 1. The molecule has 4 nitrogen and oxygen atoms in total. The molecule has 0 fully saturated rings. The fourth-order valence-electron chi connectivity index (χ4n) is 1.77. The maximum Gasteiger partial charge on any atom is 0.241 e. The van der Waals surface area contributed by atoms with Crippen LogP contribution in [0.15, 0.2) is 46.7 Å². The summed E-state index contributed by atoms with van der Waals surface area (Å²) in [7, 11) is -3.54. The monoisotopic (exact) mass is 296 g/mol. The van der Waals surface area contributed by atoms with Gasteiger partial charge in [0.15, 0.2) is 0 Å². The van der Waals surface area contributed by atoms with Crippen LogP contribution in [-0.2, 0) is 10.0 Å². The topological polar surface area (TPSA) is 72.2 Å². The Morgan fingerprint density at radius 2 is 2.11 bits per heavy atom. The minimum Gasteiger partial charge on any atom is -0.399 e. The number of nitrogens with one attached hydrogen (secondary N) is 1. The first-order chi connectivity index (χ1) is 9.03. The molecular weight excluding hydrogens is 280 g/mol. The van der Waals surface area contributed by atoms with Gasteiger partial charge in [-0.05, 0) is 36.1 Å². The van der Waals surface area contributed by atoms with E-state index in [2.05, 4.69) is 4.72 Å². The number of rotatable bonds is 5. The van der Waals surface area contributed by atoms with Crippen LogP contribution in [0.5, 0.6) is 0 Å². The number of hydrogen-bond acceptors (Lipinski definition) is 4. The van der Waals surface area contributed by atoms with Gasteiger partial charge in [-0.1, -0.05) is 19.1 Å². The van der Waals surface area contributed by atoms with E-state index in [0.717, 1.165) is 4.88 Å². The maximum atomic E-state index is 12.3. The van der Waals surface area contributed by atoms with E-state index < -0.39 is 10.0 Å². The van der Waals surface area contributed by atoms with E-state index >= 15 is 0 Å². The molecule has 0 aliphatic heterocycles. The molecule has 1 atom stereocenters. The third-order valence-electron chi connectivity index (χ3n) is 2.76. The lowest BCUT2D eigenvalue weighted by atomic mass is 10.2. The van der Waals surface area contributed by atoms with E-state index in [9.17, 15) is 8.42 Å². The van der Waals surface area contributed by atoms with Gasteiger partial charge in [-0.3, -0.25) is 0 Å². The van der Waals surface area contributed by atoms with Crippen LogP contribution in [0, 0.1) is 0 Å². The van der Waals surface area contributed by atoms with E-state index in [4.69, 9.17) is 5.73 Å². The minimum absolute atomic E-state index is 0.197. The molecule has 0 spiro atoms. The second kappa shape index (κ2) is 5.73. The summed E-state index contributed by atoms with van der Waals surface area (Å²) in [6.45, 7) is 1.95. The quantitative estimate of drug-likeness (QED) is 0.833. The standard InChI is InChI=1S/C13H16N2O2S2/c1-2-12(13-7-4-8-18-13)15-19(16,17)11-6-3-5-10(14)9-11/h3-9,12,15H,2,14H2,1H3. The normalized spacial score (nSPS) is 13.3. The third-order valence-corrected chi connectivity index (χ3v) is 5.22. The van der Waals surface area contributed by atoms with Gasteiger partial charge in [0.1, 0.15) is 0 Å². The van der Waals surface area contributed by atoms with Crippen LogP contribution in [-0.4, -0.2) is 8.42 Å². The molecular formula is C13H16N2O2S2. The fourth-order valence-corrected chi connectivity index (χ4v) is 4.06. The highest BCUT2D eigenvalue weighted by molar-refractivity contribution is 7.89. The van der Waals surface area contributed by atoms with Crippen molar-refractivity contribution < 1.29 is 8.42 Å². The molecule has 2 rings (SSSR count). The smallest absolute Gasteiger partial charge is 0.241 e. The Morgan fingerprint density at radius 1 is 1.32 bits per heavy atom. The molecule has 6 heteroatoms. The van der Waals surface area contributed by atoms with Gasteiger partial charge in [-0.2, -0.15) is 0 Å². The predicted octanol–water partition coefficient (Wildman–Crippen LogP) is 2.76. The first-order valence-corrected chi connectivity index (χ1v) is 8.30. The minimum atomic E-state index is -3.54. The second-order valence-corrected chi connectivity index (χ2v) is 6.86. The molecule has 1 unspecified atom stereocenters. The number of benzene rings is 1. The van der Waals surface area contributed by atoms with E-state index in [1.807, 2.05) is 24.4 Å². The largest absolute Gasteiger partial charge is 0.399 e. The lowest BCUT2D eigenvalue weighted by Crippen LogP contribution is -2.27. The Balaban J connectivity index is 2.26. The summed E-state index contributed by atoms with van der Waals surface area (Å²) in [5.41, 5.74) is 6.06. The lowest BCUT2D eigenvalue weighted by Gasteiger charge is -2.15. The van der Waals surface area contributed by atoms with Gasteiger partial charge in [0, 0.05) is 10.6 Å². The summed E-state index contributed by atoms with van der Waals surface area (Å²) < 4.78 is 27.3. The van der Waals surface area contributed by atoms with Crippen LogP contribution < -0.4 is 10.5 Å². The van der Waals surface area contributed by atoms with Gasteiger partial charge < -0.3 is 5.73 Å². The Bertz CT molecular complexity index is 636. The molecule has 1 aromatic heterocycles. The van der Waals surface area contributed by atoms with Crippen molar-refractivity contribution in [2.75, 3.05) is 5.73 Å². The van der Waals surface area contributed by atoms with Gasteiger partial charge in [0.25, 0.3) is 0 Å². The van der Waals surface area contributed by atoms with E-state index in [1.165, 1.54) is 6.07 Å². The fraction of sp³-hybridized carbons (Fsp3) is 0.231. The molecule has 1 aromatic carbocycles. The summed E-state index contributed by atoms with van der Waals surface area (Å²) in [6.07, 6.45) is 0.696. The Kier molecular flexibility index (Phi) is 4.24.